The third kappa shape index (κ3) is 5.90. The van der Waals surface area contributed by atoms with Crippen LogP contribution in [0.4, 0.5) is 11.4 Å². The molecule has 0 bridgehead atoms. The Morgan fingerprint density at radius 1 is 1.12 bits per heavy atom. The number of nitro groups is 1. The van der Waals surface area contributed by atoms with Crippen LogP contribution in [0.3, 0.4) is 0 Å². The van der Waals surface area contributed by atoms with Crippen LogP contribution in [0, 0.1) is 10.1 Å². The van der Waals surface area contributed by atoms with Gasteiger partial charge >= 0.3 is 0 Å². The lowest BCUT2D eigenvalue weighted by atomic mass is 10.1. The number of non-ortho nitro benzene ring substituents is 1. The zero-order valence-corrected chi connectivity index (χ0v) is 14.1. The van der Waals surface area contributed by atoms with E-state index in [1.54, 1.807) is 30.3 Å². The summed E-state index contributed by atoms with van der Waals surface area (Å²) in [6.07, 6.45) is 0.958. The summed E-state index contributed by atoms with van der Waals surface area (Å²) in [6, 6.07) is 12.9. The van der Waals surface area contributed by atoms with Crippen LogP contribution in [0.5, 0.6) is 0 Å². The maximum atomic E-state index is 11.9. The molecule has 0 saturated heterocycles. The van der Waals surface area contributed by atoms with Crippen molar-refractivity contribution in [2.45, 2.75) is 19.4 Å². The number of nitrogens with zero attached hydrogens (tertiary/aromatic N) is 1. The molecule has 4 N–H and O–H groups in total. The highest BCUT2D eigenvalue weighted by Crippen LogP contribution is 2.15. The molecule has 0 radical (unpaired) electrons. The van der Waals surface area contributed by atoms with Crippen LogP contribution < -0.4 is 16.4 Å². The molecule has 2 aromatic carbocycles. The van der Waals surface area contributed by atoms with E-state index in [4.69, 9.17) is 5.73 Å². The molecule has 0 atom stereocenters. The van der Waals surface area contributed by atoms with E-state index in [1.807, 2.05) is 6.07 Å². The van der Waals surface area contributed by atoms with E-state index in [0.29, 0.717) is 31.5 Å². The molecular formula is C18H20N4O4. The van der Waals surface area contributed by atoms with Gasteiger partial charge in [-0.05, 0) is 36.2 Å². The molecule has 2 rings (SSSR count). The van der Waals surface area contributed by atoms with Gasteiger partial charge < -0.3 is 16.4 Å². The zero-order chi connectivity index (χ0) is 18.9. The minimum Gasteiger partial charge on any atom is -0.385 e. The van der Waals surface area contributed by atoms with Crippen LogP contribution in [-0.2, 0) is 11.3 Å². The summed E-state index contributed by atoms with van der Waals surface area (Å²) in [5.41, 5.74) is 7.24. The zero-order valence-electron chi connectivity index (χ0n) is 14.1. The normalized spacial score (nSPS) is 10.2. The highest BCUT2D eigenvalue weighted by atomic mass is 16.6. The summed E-state index contributed by atoms with van der Waals surface area (Å²) in [6.45, 7) is 0.901. The van der Waals surface area contributed by atoms with Gasteiger partial charge in [0.1, 0.15) is 0 Å². The fourth-order valence-electron chi connectivity index (χ4n) is 2.31. The van der Waals surface area contributed by atoms with Gasteiger partial charge in [-0.2, -0.15) is 0 Å². The first-order chi connectivity index (χ1) is 12.5. The van der Waals surface area contributed by atoms with Gasteiger partial charge in [-0.3, -0.25) is 19.7 Å². The van der Waals surface area contributed by atoms with Crippen molar-refractivity contribution in [3.8, 4) is 0 Å². The highest BCUT2D eigenvalue weighted by Gasteiger charge is 2.05. The number of nitrogens with two attached hydrogens (primary N) is 1. The molecule has 0 aliphatic rings. The monoisotopic (exact) mass is 356 g/mol. The molecule has 0 aromatic heterocycles. The predicted octanol–water partition coefficient (Wildman–Crippen LogP) is 2.20. The molecule has 0 unspecified atom stereocenters. The van der Waals surface area contributed by atoms with Gasteiger partial charge in [-0.1, -0.05) is 12.1 Å². The summed E-state index contributed by atoms with van der Waals surface area (Å²) >= 11 is 0. The molecule has 0 heterocycles. The van der Waals surface area contributed by atoms with Crippen molar-refractivity contribution in [2.24, 2.45) is 5.73 Å². The van der Waals surface area contributed by atoms with Gasteiger partial charge in [0.25, 0.3) is 5.69 Å². The number of hydrogen-bond donors (Lipinski definition) is 3. The molecule has 2 amide bonds. The first kappa shape index (κ1) is 18.9. The summed E-state index contributed by atoms with van der Waals surface area (Å²) in [5.74, 6) is -0.601. The van der Waals surface area contributed by atoms with Gasteiger partial charge in [0.2, 0.25) is 11.8 Å². The number of carbonyl (C=O) groups is 2. The van der Waals surface area contributed by atoms with Crippen LogP contribution >= 0.6 is 0 Å². The Hall–Kier alpha value is -3.42. The van der Waals surface area contributed by atoms with Crippen LogP contribution in [0.15, 0.2) is 48.5 Å². The molecule has 8 heteroatoms. The van der Waals surface area contributed by atoms with Crippen LogP contribution in [0.25, 0.3) is 0 Å². The molecular weight excluding hydrogens is 336 g/mol. The van der Waals surface area contributed by atoms with Crippen molar-refractivity contribution in [2.75, 3.05) is 11.9 Å². The number of rotatable bonds is 9. The lowest BCUT2D eigenvalue weighted by molar-refractivity contribution is -0.384. The van der Waals surface area contributed by atoms with E-state index in [-0.39, 0.29) is 11.6 Å². The van der Waals surface area contributed by atoms with Crippen LogP contribution in [0.2, 0.25) is 0 Å². The lowest BCUT2D eigenvalue weighted by Gasteiger charge is -2.08. The average Bonchev–Trinajstić information content (AvgIpc) is 2.64. The fraction of sp³-hybridized carbons (Fsp3) is 0.222. The van der Waals surface area contributed by atoms with E-state index >= 15 is 0 Å². The number of amides is 2. The largest absolute Gasteiger partial charge is 0.385 e. The van der Waals surface area contributed by atoms with Crippen molar-refractivity contribution in [3.63, 3.8) is 0 Å². The minimum absolute atomic E-state index is 0.0373. The number of carbonyl (C=O) groups excluding carboxylic acids is 2. The fourth-order valence-corrected chi connectivity index (χ4v) is 2.31. The number of hydrogen-bond acceptors (Lipinski definition) is 5. The SMILES string of the molecule is NC(=O)c1cccc(CNC(=O)CCCNc2ccc([N+](=O)[O-])cc2)c1. The summed E-state index contributed by atoms with van der Waals surface area (Å²) in [7, 11) is 0. The van der Waals surface area contributed by atoms with Gasteiger partial charge in [0.15, 0.2) is 0 Å². The number of primary amides is 1. The Labute approximate surface area is 150 Å². The molecule has 0 fully saturated rings. The molecule has 8 nitrogen and oxygen atoms in total. The van der Waals surface area contributed by atoms with Crippen molar-refractivity contribution < 1.29 is 14.5 Å². The third-order valence-corrected chi connectivity index (χ3v) is 3.69. The molecule has 0 aliphatic carbocycles. The Morgan fingerprint density at radius 2 is 1.85 bits per heavy atom. The Bertz CT molecular complexity index is 790. The van der Waals surface area contributed by atoms with Crippen LogP contribution in [-0.4, -0.2) is 23.3 Å². The molecule has 0 spiro atoms. The molecule has 26 heavy (non-hydrogen) atoms. The second kappa shape index (κ2) is 9.16. The van der Waals surface area contributed by atoms with Gasteiger partial charge in [0.05, 0.1) is 4.92 Å². The van der Waals surface area contributed by atoms with E-state index in [2.05, 4.69) is 10.6 Å². The van der Waals surface area contributed by atoms with Gasteiger partial charge in [-0.15, -0.1) is 0 Å². The van der Waals surface area contributed by atoms with Gasteiger partial charge in [0, 0.05) is 42.9 Å². The van der Waals surface area contributed by atoms with Crippen molar-refractivity contribution >= 4 is 23.2 Å². The second-order valence-electron chi connectivity index (χ2n) is 5.68. The standard InChI is InChI=1S/C18H20N4O4/c19-18(24)14-4-1-3-13(11-14)12-21-17(23)5-2-10-20-15-6-8-16(9-7-15)22(25)26/h1,3-4,6-9,11,20H,2,5,10,12H2,(H2,19,24)(H,21,23). The highest BCUT2D eigenvalue weighted by molar-refractivity contribution is 5.92. The maximum Gasteiger partial charge on any atom is 0.269 e. The third-order valence-electron chi connectivity index (χ3n) is 3.69. The maximum absolute atomic E-state index is 11.9. The molecule has 136 valence electrons. The topological polar surface area (TPSA) is 127 Å². The Morgan fingerprint density at radius 3 is 2.50 bits per heavy atom. The van der Waals surface area contributed by atoms with Crippen molar-refractivity contribution in [1.29, 1.82) is 0 Å². The van der Waals surface area contributed by atoms with Crippen LogP contribution in [0.1, 0.15) is 28.8 Å². The van der Waals surface area contributed by atoms with E-state index in [1.165, 1.54) is 12.1 Å². The smallest absolute Gasteiger partial charge is 0.269 e. The van der Waals surface area contributed by atoms with E-state index in [0.717, 1.165) is 11.3 Å². The number of benzene rings is 2. The number of anilines is 1. The first-order valence-corrected chi connectivity index (χ1v) is 8.09. The average molecular weight is 356 g/mol. The van der Waals surface area contributed by atoms with Gasteiger partial charge in [-0.25, -0.2) is 0 Å². The molecule has 2 aromatic rings. The molecule has 0 aliphatic heterocycles. The van der Waals surface area contributed by atoms with Crippen molar-refractivity contribution in [1.82, 2.24) is 5.32 Å². The van der Waals surface area contributed by atoms with E-state index in [9.17, 15) is 19.7 Å². The van der Waals surface area contributed by atoms with Crippen molar-refractivity contribution in [3.05, 3.63) is 69.8 Å². The number of nitro benzene ring substituents is 1. The van der Waals surface area contributed by atoms with E-state index < -0.39 is 10.8 Å². The Balaban J connectivity index is 1.68. The lowest BCUT2D eigenvalue weighted by Crippen LogP contribution is -2.23. The first-order valence-electron chi connectivity index (χ1n) is 8.09. The predicted molar refractivity (Wildman–Crippen MR) is 97.6 cm³/mol. The molecule has 0 saturated carbocycles. The summed E-state index contributed by atoms with van der Waals surface area (Å²) < 4.78 is 0. The minimum atomic E-state index is -0.504. The summed E-state index contributed by atoms with van der Waals surface area (Å²) in [5, 5.41) is 16.5. The summed E-state index contributed by atoms with van der Waals surface area (Å²) in [4.78, 5) is 33.1. The number of nitrogens with one attached hydrogen (secondary N) is 2. The Kier molecular flexibility index (Phi) is 6.67. The second-order valence-corrected chi connectivity index (χ2v) is 5.68. The quantitative estimate of drug-likeness (QED) is 0.360.